The van der Waals surface area contributed by atoms with E-state index in [0.29, 0.717) is 17.7 Å². The molecule has 1 fully saturated rings. The Morgan fingerprint density at radius 3 is 2.48 bits per heavy atom. The average Bonchev–Trinajstić information content (AvgIpc) is 2.94. The molecule has 6 heteroatoms. The molecule has 27 heavy (non-hydrogen) atoms. The number of rotatable bonds is 3. The van der Waals surface area contributed by atoms with Gasteiger partial charge in [0.05, 0.1) is 33.8 Å². The Morgan fingerprint density at radius 1 is 1.07 bits per heavy atom. The third-order valence-corrected chi connectivity index (χ3v) is 6.85. The molecule has 1 unspecified atom stereocenters. The first-order valence-electron chi connectivity index (χ1n) is 8.83. The normalized spacial score (nSPS) is 21.2. The van der Waals surface area contributed by atoms with Gasteiger partial charge in [0.1, 0.15) is 0 Å². The fourth-order valence-corrected chi connectivity index (χ4v) is 5.66. The van der Waals surface area contributed by atoms with Crippen LogP contribution in [0.2, 0.25) is 0 Å². The van der Waals surface area contributed by atoms with Gasteiger partial charge in [-0.15, -0.1) is 0 Å². The highest BCUT2D eigenvalue weighted by atomic mass is 32.2. The van der Waals surface area contributed by atoms with Crippen molar-refractivity contribution in [3.63, 3.8) is 0 Å². The summed E-state index contributed by atoms with van der Waals surface area (Å²) in [5.74, 6) is -0.193. The molecule has 0 saturated carbocycles. The number of carbonyl (C=O) groups is 1. The number of hydrogen-bond acceptors (Lipinski definition) is 4. The molecule has 2 aromatic carbocycles. The SMILES string of the molecule is CC1(NC(=O)c2cc(-c3ccccc3)nc3ccccc23)CCS(=O)(=O)C1. The molecule has 1 N–H and O–H groups in total. The van der Waals surface area contributed by atoms with Crippen LogP contribution in [0.4, 0.5) is 0 Å². The van der Waals surface area contributed by atoms with Gasteiger partial charge in [-0.2, -0.15) is 0 Å². The van der Waals surface area contributed by atoms with Crippen LogP contribution in [0.3, 0.4) is 0 Å². The molecule has 2 heterocycles. The molecule has 0 radical (unpaired) electrons. The zero-order valence-corrected chi connectivity index (χ0v) is 15.8. The Hall–Kier alpha value is -2.73. The van der Waals surface area contributed by atoms with E-state index in [-0.39, 0.29) is 17.4 Å². The minimum atomic E-state index is -3.10. The van der Waals surface area contributed by atoms with Crippen molar-refractivity contribution in [2.45, 2.75) is 18.9 Å². The van der Waals surface area contributed by atoms with Crippen LogP contribution >= 0.6 is 0 Å². The van der Waals surface area contributed by atoms with Gasteiger partial charge in [-0.1, -0.05) is 48.5 Å². The number of para-hydroxylation sites is 1. The quantitative estimate of drug-likeness (QED) is 0.757. The molecule has 1 aliphatic rings. The molecule has 1 aliphatic heterocycles. The number of pyridine rings is 1. The number of amides is 1. The van der Waals surface area contributed by atoms with Crippen LogP contribution in [0.5, 0.6) is 0 Å². The lowest BCUT2D eigenvalue weighted by atomic mass is 9.99. The van der Waals surface area contributed by atoms with Gasteiger partial charge in [-0.3, -0.25) is 4.79 Å². The molecule has 3 aromatic rings. The molecule has 0 aliphatic carbocycles. The standard InChI is InChI=1S/C21H20N2O3S/c1-21(11-12-27(25,26)14-21)23-20(24)17-13-19(15-7-3-2-4-8-15)22-18-10-6-5-9-16(17)18/h2-10,13H,11-12,14H2,1H3,(H,23,24). The van der Waals surface area contributed by atoms with Gasteiger partial charge in [0.25, 0.3) is 5.91 Å². The Labute approximate surface area is 158 Å². The second-order valence-corrected chi connectivity index (χ2v) is 9.48. The highest BCUT2D eigenvalue weighted by Crippen LogP contribution is 2.27. The van der Waals surface area contributed by atoms with Gasteiger partial charge in [-0.05, 0) is 25.5 Å². The summed E-state index contributed by atoms with van der Waals surface area (Å²) in [5.41, 5.74) is 2.13. The fraction of sp³-hybridized carbons (Fsp3) is 0.238. The van der Waals surface area contributed by atoms with Crippen molar-refractivity contribution in [2.24, 2.45) is 0 Å². The van der Waals surface area contributed by atoms with Gasteiger partial charge >= 0.3 is 0 Å². The van der Waals surface area contributed by atoms with Crippen LogP contribution in [0.1, 0.15) is 23.7 Å². The van der Waals surface area contributed by atoms with E-state index in [2.05, 4.69) is 10.3 Å². The fourth-order valence-electron chi connectivity index (χ4n) is 3.57. The molecular weight excluding hydrogens is 360 g/mol. The van der Waals surface area contributed by atoms with Crippen LogP contribution in [-0.2, 0) is 9.84 Å². The maximum atomic E-state index is 13.1. The van der Waals surface area contributed by atoms with Gasteiger partial charge in [0, 0.05) is 10.9 Å². The number of fused-ring (bicyclic) bond motifs is 1. The van der Waals surface area contributed by atoms with Crippen molar-refractivity contribution >= 4 is 26.6 Å². The van der Waals surface area contributed by atoms with Crippen LogP contribution < -0.4 is 5.32 Å². The van der Waals surface area contributed by atoms with E-state index >= 15 is 0 Å². The maximum absolute atomic E-state index is 13.1. The zero-order valence-electron chi connectivity index (χ0n) is 15.0. The summed E-state index contributed by atoms with van der Waals surface area (Å²) >= 11 is 0. The van der Waals surface area contributed by atoms with E-state index in [1.165, 1.54) is 0 Å². The third kappa shape index (κ3) is 3.57. The molecule has 0 bridgehead atoms. The number of hydrogen-bond donors (Lipinski definition) is 1. The summed E-state index contributed by atoms with van der Waals surface area (Å²) in [4.78, 5) is 17.8. The predicted molar refractivity (Wildman–Crippen MR) is 106 cm³/mol. The van der Waals surface area contributed by atoms with Crippen LogP contribution in [0.25, 0.3) is 22.2 Å². The molecule has 5 nitrogen and oxygen atoms in total. The van der Waals surface area contributed by atoms with Crippen molar-refractivity contribution in [2.75, 3.05) is 11.5 Å². The molecule has 1 aromatic heterocycles. The Balaban J connectivity index is 1.77. The highest BCUT2D eigenvalue weighted by Gasteiger charge is 2.39. The molecule has 1 amide bonds. The van der Waals surface area contributed by atoms with Gasteiger partial charge in [0.2, 0.25) is 0 Å². The minimum Gasteiger partial charge on any atom is -0.346 e. The van der Waals surface area contributed by atoms with E-state index < -0.39 is 15.4 Å². The first-order chi connectivity index (χ1) is 12.9. The topological polar surface area (TPSA) is 76.1 Å². The zero-order chi connectivity index (χ0) is 19.1. The van der Waals surface area contributed by atoms with E-state index in [4.69, 9.17) is 0 Å². The van der Waals surface area contributed by atoms with Gasteiger partial charge in [-0.25, -0.2) is 13.4 Å². The Morgan fingerprint density at radius 2 is 1.78 bits per heavy atom. The van der Waals surface area contributed by atoms with Crippen molar-refractivity contribution < 1.29 is 13.2 Å². The van der Waals surface area contributed by atoms with E-state index in [0.717, 1.165) is 16.5 Å². The maximum Gasteiger partial charge on any atom is 0.252 e. The van der Waals surface area contributed by atoms with E-state index in [1.54, 1.807) is 13.0 Å². The summed E-state index contributed by atoms with van der Waals surface area (Å²) in [6, 6.07) is 18.9. The van der Waals surface area contributed by atoms with E-state index in [1.807, 2.05) is 54.6 Å². The van der Waals surface area contributed by atoms with Crippen LogP contribution in [0.15, 0.2) is 60.7 Å². The molecule has 0 spiro atoms. The predicted octanol–water partition coefficient (Wildman–Crippen LogP) is 3.21. The largest absolute Gasteiger partial charge is 0.346 e. The van der Waals surface area contributed by atoms with Crippen molar-refractivity contribution in [1.29, 1.82) is 0 Å². The number of nitrogens with zero attached hydrogens (tertiary/aromatic N) is 1. The summed E-state index contributed by atoms with van der Waals surface area (Å²) < 4.78 is 23.7. The van der Waals surface area contributed by atoms with Crippen LogP contribution in [0, 0.1) is 0 Å². The second kappa shape index (κ2) is 6.46. The van der Waals surface area contributed by atoms with E-state index in [9.17, 15) is 13.2 Å². The van der Waals surface area contributed by atoms with Crippen LogP contribution in [-0.4, -0.2) is 36.4 Å². The minimum absolute atomic E-state index is 0.0275. The summed E-state index contributed by atoms with van der Waals surface area (Å²) in [6.07, 6.45) is 0.426. The van der Waals surface area contributed by atoms with Gasteiger partial charge < -0.3 is 5.32 Å². The van der Waals surface area contributed by atoms with Crippen molar-refractivity contribution in [1.82, 2.24) is 10.3 Å². The second-order valence-electron chi connectivity index (χ2n) is 7.30. The third-order valence-electron chi connectivity index (χ3n) is 4.95. The van der Waals surface area contributed by atoms with Crippen molar-refractivity contribution in [3.8, 4) is 11.3 Å². The Kier molecular flexibility index (Phi) is 4.23. The first-order valence-corrected chi connectivity index (χ1v) is 10.7. The first kappa shape index (κ1) is 17.7. The lowest BCUT2D eigenvalue weighted by Gasteiger charge is -2.24. The summed E-state index contributed by atoms with van der Waals surface area (Å²) in [6.45, 7) is 1.79. The number of aromatic nitrogens is 1. The number of nitrogens with one attached hydrogen (secondary N) is 1. The number of sulfone groups is 1. The molecule has 138 valence electrons. The molecule has 1 saturated heterocycles. The Bertz CT molecular complexity index is 1130. The molecule has 4 rings (SSSR count). The molecule has 1 atom stereocenters. The summed E-state index contributed by atoms with van der Waals surface area (Å²) in [5, 5.41) is 3.70. The number of carbonyl (C=O) groups excluding carboxylic acids is 1. The monoisotopic (exact) mass is 380 g/mol. The lowest BCUT2D eigenvalue weighted by molar-refractivity contribution is 0.0917. The smallest absolute Gasteiger partial charge is 0.252 e. The summed E-state index contributed by atoms with van der Waals surface area (Å²) in [7, 11) is -3.10. The average molecular weight is 380 g/mol. The highest BCUT2D eigenvalue weighted by molar-refractivity contribution is 7.91. The lowest BCUT2D eigenvalue weighted by Crippen LogP contribution is -2.47. The van der Waals surface area contributed by atoms with Crippen molar-refractivity contribution in [3.05, 3.63) is 66.2 Å². The van der Waals surface area contributed by atoms with Gasteiger partial charge in [0.15, 0.2) is 9.84 Å². The molecular formula is C21H20N2O3S. The number of benzene rings is 2.